The SMILES string of the molecule is c1ccc2c(c1)nc1n(-c3ccc4c(c3)n3c5ccccc5nc3n4-c3cccc4c3oc3cccc(-n5c6ccc(-n7c8ccccc8c8ccccc87)cc6n6c7ccccc7nc56)c34)c3ccccc3n21. The lowest BCUT2D eigenvalue weighted by Gasteiger charge is -2.10. The van der Waals surface area contributed by atoms with Crippen LogP contribution in [0.3, 0.4) is 0 Å². The van der Waals surface area contributed by atoms with Crippen LogP contribution in [0.1, 0.15) is 0 Å². The normalized spacial score (nSPS) is 12.6. The van der Waals surface area contributed by atoms with E-state index in [2.05, 4.69) is 244 Å². The zero-order valence-corrected chi connectivity index (χ0v) is 39.2. The number of aromatic nitrogens is 10. The van der Waals surface area contributed by atoms with Crippen molar-refractivity contribution in [1.29, 1.82) is 0 Å². The van der Waals surface area contributed by atoms with Crippen molar-refractivity contribution in [2.24, 2.45) is 0 Å². The molecule has 0 unspecified atom stereocenters. The predicted octanol–water partition coefficient (Wildman–Crippen LogP) is 14.9. The Hall–Kier alpha value is -10.4. The Bertz CT molecular complexity index is 5420. The van der Waals surface area contributed by atoms with E-state index in [0.29, 0.717) is 0 Å². The summed E-state index contributed by atoms with van der Waals surface area (Å²) in [4.78, 5) is 15.9. The van der Waals surface area contributed by atoms with Crippen LogP contribution in [0.15, 0.2) is 223 Å². The Morgan fingerprint density at radius 3 is 1.30 bits per heavy atom. The van der Waals surface area contributed by atoms with Gasteiger partial charge in [-0.2, -0.15) is 0 Å². The lowest BCUT2D eigenvalue weighted by Crippen LogP contribution is -1.98. The van der Waals surface area contributed by atoms with Crippen molar-refractivity contribution in [3.05, 3.63) is 218 Å². The average Bonchev–Trinajstić information content (AvgIpc) is 4.35. The van der Waals surface area contributed by atoms with Crippen molar-refractivity contribution in [2.75, 3.05) is 0 Å². The van der Waals surface area contributed by atoms with Crippen LogP contribution in [0.25, 0.3) is 150 Å². The maximum absolute atomic E-state index is 7.14. The third kappa shape index (κ3) is 4.78. The van der Waals surface area contributed by atoms with Gasteiger partial charge in [0.05, 0.1) is 99.7 Å². The number of imidazole rings is 6. The molecule has 344 valence electrons. The maximum Gasteiger partial charge on any atom is 0.220 e. The molecule has 0 bridgehead atoms. The highest BCUT2D eigenvalue weighted by molar-refractivity contribution is 6.14. The first-order valence-corrected chi connectivity index (χ1v) is 24.9. The topological polar surface area (TPSA) is 84.8 Å². The predicted molar refractivity (Wildman–Crippen MR) is 297 cm³/mol. The van der Waals surface area contributed by atoms with Gasteiger partial charge in [-0.15, -0.1) is 0 Å². The summed E-state index contributed by atoms with van der Waals surface area (Å²) in [6.07, 6.45) is 0. The highest BCUT2D eigenvalue weighted by Gasteiger charge is 2.26. The first-order chi connectivity index (χ1) is 36.7. The second-order valence-electron chi connectivity index (χ2n) is 19.3. The molecular formula is C63H36N10O. The third-order valence-corrected chi connectivity index (χ3v) is 15.5. The molecule has 18 rings (SSSR count). The van der Waals surface area contributed by atoms with Crippen molar-refractivity contribution in [3.63, 3.8) is 0 Å². The number of benzene rings is 10. The molecule has 0 amide bonds. The molecule has 11 heteroatoms. The van der Waals surface area contributed by atoms with Crippen LogP contribution < -0.4 is 0 Å². The molecule has 11 nitrogen and oxygen atoms in total. The van der Waals surface area contributed by atoms with Crippen LogP contribution in [0.4, 0.5) is 0 Å². The van der Waals surface area contributed by atoms with E-state index in [1.807, 2.05) is 6.07 Å². The van der Waals surface area contributed by atoms with Crippen LogP contribution >= 0.6 is 0 Å². The largest absolute Gasteiger partial charge is 0.454 e. The summed E-state index contributed by atoms with van der Waals surface area (Å²) in [7, 11) is 0. The monoisotopic (exact) mass is 948 g/mol. The molecule has 0 N–H and O–H groups in total. The molecule has 0 aliphatic rings. The van der Waals surface area contributed by atoms with Crippen LogP contribution in [-0.2, 0) is 0 Å². The Kier molecular flexibility index (Phi) is 7.11. The molecule has 8 heterocycles. The van der Waals surface area contributed by atoms with E-state index in [1.165, 1.54) is 21.8 Å². The van der Waals surface area contributed by atoms with Crippen LogP contribution in [-0.4, -0.2) is 46.4 Å². The lowest BCUT2D eigenvalue weighted by molar-refractivity contribution is 0.666. The minimum Gasteiger partial charge on any atom is -0.454 e. The van der Waals surface area contributed by atoms with E-state index in [-0.39, 0.29) is 0 Å². The number of nitrogens with zero attached hydrogens (tertiary/aromatic N) is 10. The van der Waals surface area contributed by atoms with Crippen molar-refractivity contribution in [3.8, 4) is 22.7 Å². The van der Waals surface area contributed by atoms with E-state index in [0.717, 1.165) is 128 Å². The van der Waals surface area contributed by atoms with Gasteiger partial charge in [0.2, 0.25) is 17.3 Å². The first-order valence-electron chi connectivity index (χ1n) is 24.9. The van der Waals surface area contributed by atoms with E-state index < -0.39 is 0 Å². The average molecular weight is 949 g/mol. The van der Waals surface area contributed by atoms with Crippen molar-refractivity contribution in [1.82, 2.24) is 46.4 Å². The fourth-order valence-electron chi connectivity index (χ4n) is 12.5. The van der Waals surface area contributed by atoms with Crippen LogP contribution in [0, 0.1) is 0 Å². The molecule has 0 radical (unpaired) electrons. The highest BCUT2D eigenvalue weighted by atomic mass is 16.3. The Morgan fingerprint density at radius 1 is 0.284 bits per heavy atom. The van der Waals surface area contributed by atoms with Gasteiger partial charge in [-0.3, -0.25) is 26.9 Å². The molecule has 0 saturated heterocycles. The molecule has 0 saturated carbocycles. The maximum atomic E-state index is 7.14. The van der Waals surface area contributed by atoms with Gasteiger partial charge in [0.15, 0.2) is 5.58 Å². The Morgan fingerprint density at radius 2 is 0.703 bits per heavy atom. The second-order valence-corrected chi connectivity index (χ2v) is 19.3. The molecule has 0 fully saturated rings. The summed E-state index contributed by atoms with van der Waals surface area (Å²) in [5.41, 5.74) is 20.1. The van der Waals surface area contributed by atoms with Gasteiger partial charge in [-0.25, -0.2) is 15.0 Å². The van der Waals surface area contributed by atoms with Gasteiger partial charge in [0, 0.05) is 21.8 Å². The summed E-state index contributed by atoms with van der Waals surface area (Å²) >= 11 is 0. The van der Waals surface area contributed by atoms with Crippen molar-refractivity contribution < 1.29 is 4.42 Å². The number of para-hydroxylation sites is 11. The smallest absolute Gasteiger partial charge is 0.220 e. The summed E-state index contributed by atoms with van der Waals surface area (Å²) in [5.74, 6) is 2.48. The van der Waals surface area contributed by atoms with Gasteiger partial charge in [0.1, 0.15) is 5.58 Å². The van der Waals surface area contributed by atoms with Crippen LogP contribution in [0.2, 0.25) is 0 Å². The van der Waals surface area contributed by atoms with Crippen molar-refractivity contribution in [2.45, 2.75) is 0 Å². The number of rotatable bonds is 4. The van der Waals surface area contributed by atoms with E-state index in [1.54, 1.807) is 0 Å². The molecule has 8 aromatic heterocycles. The zero-order valence-electron chi connectivity index (χ0n) is 39.2. The van der Waals surface area contributed by atoms with Gasteiger partial charge < -0.3 is 8.98 Å². The molecule has 18 aromatic rings. The lowest BCUT2D eigenvalue weighted by atomic mass is 10.1. The fraction of sp³-hybridized carbons (Fsp3) is 0. The number of furan rings is 1. The molecule has 0 aliphatic carbocycles. The molecule has 0 aliphatic heterocycles. The summed E-state index contributed by atoms with van der Waals surface area (Å²) in [5, 5.41) is 4.45. The number of hydrogen-bond donors (Lipinski definition) is 0. The van der Waals surface area contributed by atoms with Crippen LogP contribution in [0.5, 0.6) is 0 Å². The number of hydrogen-bond acceptors (Lipinski definition) is 4. The molecule has 0 atom stereocenters. The molecular weight excluding hydrogens is 913 g/mol. The highest BCUT2D eigenvalue weighted by Crippen LogP contribution is 2.42. The number of fused-ring (bicyclic) bond motifs is 21. The van der Waals surface area contributed by atoms with Gasteiger partial charge >= 0.3 is 0 Å². The van der Waals surface area contributed by atoms with E-state index >= 15 is 0 Å². The summed E-state index contributed by atoms with van der Waals surface area (Å²) < 4.78 is 23.2. The molecule has 10 aromatic carbocycles. The van der Waals surface area contributed by atoms with E-state index in [4.69, 9.17) is 19.4 Å². The summed E-state index contributed by atoms with van der Waals surface area (Å²) in [6.45, 7) is 0. The summed E-state index contributed by atoms with van der Waals surface area (Å²) in [6, 6.07) is 77.3. The minimum atomic E-state index is 0.766. The minimum absolute atomic E-state index is 0.766. The third-order valence-electron chi connectivity index (χ3n) is 15.5. The van der Waals surface area contributed by atoms with Gasteiger partial charge in [-0.1, -0.05) is 103 Å². The first kappa shape index (κ1) is 38.4. The van der Waals surface area contributed by atoms with Gasteiger partial charge in [-0.05, 0) is 115 Å². The Balaban J connectivity index is 0.882. The Labute approximate surface area is 417 Å². The quantitative estimate of drug-likeness (QED) is 0.176. The van der Waals surface area contributed by atoms with Gasteiger partial charge in [0.25, 0.3) is 0 Å². The standard InChI is InChI=1S/C63H36N10O/c1-6-21-45-39(15-1)40-16-2-7-22-46(40)67(45)37-31-33-52-56(35-37)70-48-24-9-4-19-43(48)65-62(70)72(52)54-28-14-30-58-59(54)41-17-13-29-55(60(41)74-58)73-53-34-32-38(36-57(53)71-49-25-10-5-20-44(49)66-63(71)73)68-50-26-11-12-27-51(50)69-47-23-8-3-18-42(47)64-61(68)69/h1-36H. The second kappa shape index (κ2) is 13.7. The fourth-order valence-corrected chi connectivity index (χ4v) is 12.5. The zero-order chi connectivity index (χ0) is 47.9. The molecule has 0 spiro atoms. The van der Waals surface area contributed by atoms with Crippen molar-refractivity contribution >= 4 is 127 Å². The van der Waals surface area contributed by atoms with E-state index in [9.17, 15) is 0 Å². The molecule has 74 heavy (non-hydrogen) atoms.